The molecule has 3 heterocycles. The van der Waals surface area contributed by atoms with Crippen LogP contribution in [0, 0.1) is 12.7 Å². The molecule has 0 bridgehead atoms. The molecule has 1 amide bonds. The van der Waals surface area contributed by atoms with Crippen molar-refractivity contribution in [2.24, 2.45) is 0 Å². The highest BCUT2D eigenvalue weighted by atomic mass is 35.5. The van der Waals surface area contributed by atoms with Gasteiger partial charge in [0.2, 0.25) is 0 Å². The molecule has 2 aliphatic heterocycles. The molecule has 3 aromatic rings. The van der Waals surface area contributed by atoms with Crippen molar-refractivity contribution >= 4 is 23.3 Å². The van der Waals surface area contributed by atoms with Crippen LogP contribution in [0.4, 0.5) is 10.2 Å². The number of aryl methyl sites for hydroxylation is 1. The molecular formula is C30H34ClFN4O2. The summed E-state index contributed by atoms with van der Waals surface area (Å²) in [5.41, 5.74) is 9.18. The van der Waals surface area contributed by atoms with Crippen LogP contribution in [0.5, 0.6) is 5.75 Å². The van der Waals surface area contributed by atoms with Gasteiger partial charge in [-0.15, -0.1) is 0 Å². The van der Waals surface area contributed by atoms with Gasteiger partial charge in [-0.05, 0) is 88.0 Å². The van der Waals surface area contributed by atoms with Crippen LogP contribution in [0.2, 0.25) is 5.02 Å². The minimum Gasteiger partial charge on any atom is -0.482 e. The Morgan fingerprint density at radius 3 is 2.45 bits per heavy atom. The maximum Gasteiger partial charge on any atom is 0.253 e. The summed E-state index contributed by atoms with van der Waals surface area (Å²) in [5.74, 6) is 0.219. The molecule has 2 fully saturated rings. The topological polar surface area (TPSA) is 71.7 Å². The zero-order chi connectivity index (χ0) is 26.8. The predicted octanol–water partition coefficient (Wildman–Crippen LogP) is 6.27. The fraction of sp³-hybridized carbons (Fsp3) is 0.400. The van der Waals surface area contributed by atoms with Gasteiger partial charge in [-0.3, -0.25) is 4.79 Å². The monoisotopic (exact) mass is 536 g/mol. The number of pyridine rings is 1. The summed E-state index contributed by atoms with van der Waals surface area (Å²) in [5, 5.41) is 0.295. The first-order valence-corrected chi connectivity index (χ1v) is 13.7. The summed E-state index contributed by atoms with van der Waals surface area (Å²) in [6, 6.07) is 13.2. The van der Waals surface area contributed by atoms with Gasteiger partial charge in [-0.1, -0.05) is 29.8 Å². The van der Waals surface area contributed by atoms with E-state index in [-0.39, 0.29) is 17.3 Å². The zero-order valence-corrected chi connectivity index (χ0v) is 22.7. The van der Waals surface area contributed by atoms with E-state index in [2.05, 4.69) is 9.88 Å². The summed E-state index contributed by atoms with van der Waals surface area (Å²) in [6.07, 6.45) is 5.66. The van der Waals surface area contributed by atoms with Crippen molar-refractivity contribution in [2.75, 3.05) is 31.9 Å². The quantitative estimate of drug-likeness (QED) is 0.402. The van der Waals surface area contributed by atoms with Crippen molar-refractivity contribution in [1.29, 1.82) is 0 Å². The average molecular weight is 537 g/mol. The summed E-state index contributed by atoms with van der Waals surface area (Å²) < 4.78 is 20.8. The fourth-order valence-electron chi connectivity index (χ4n) is 5.54. The van der Waals surface area contributed by atoms with Gasteiger partial charge in [0.25, 0.3) is 5.91 Å². The number of anilines is 1. The second kappa shape index (κ2) is 11.3. The molecule has 1 aromatic heterocycles. The molecule has 200 valence electrons. The van der Waals surface area contributed by atoms with Gasteiger partial charge in [0.1, 0.15) is 11.9 Å². The molecule has 1 atom stereocenters. The predicted molar refractivity (Wildman–Crippen MR) is 149 cm³/mol. The third kappa shape index (κ3) is 5.49. The molecule has 0 spiro atoms. The normalized spacial score (nSPS) is 17.5. The number of carbonyl (C=O) groups is 1. The molecule has 5 rings (SSSR count). The van der Waals surface area contributed by atoms with Gasteiger partial charge in [0, 0.05) is 42.0 Å². The number of nitrogen functional groups attached to an aromatic ring is 1. The third-order valence-electron chi connectivity index (χ3n) is 7.79. The molecule has 38 heavy (non-hydrogen) atoms. The molecule has 0 radical (unpaired) electrons. The Kier molecular flexibility index (Phi) is 7.86. The van der Waals surface area contributed by atoms with Gasteiger partial charge in [-0.25, -0.2) is 9.37 Å². The first-order valence-electron chi connectivity index (χ1n) is 13.3. The van der Waals surface area contributed by atoms with E-state index >= 15 is 0 Å². The molecule has 2 aliphatic rings. The smallest absolute Gasteiger partial charge is 0.253 e. The van der Waals surface area contributed by atoms with Crippen LogP contribution >= 0.6 is 11.6 Å². The number of amides is 1. The highest BCUT2D eigenvalue weighted by Gasteiger charge is 2.28. The van der Waals surface area contributed by atoms with Crippen LogP contribution in [0.3, 0.4) is 0 Å². The lowest BCUT2D eigenvalue weighted by Crippen LogP contribution is -2.45. The number of hydrogen-bond donors (Lipinski definition) is 1. The third-order valence-corrected chi connectivity index (χ3v) is 8.12. The summed E-state index contributed by atoms with van der Waals surface area (Å²) in [6.45, 7) is 7.40. The van der Waals surface area contributed by atoms with E-state index < -0.39 is 11.9 Å². The molecule has 2 aromatic carbocycles. The first kappa shape index (κ1) is 26.4. The highest BCUT2D eigenvalue weighted by Crippen LogP contribution is 2.34. The Morgan fingerprint density at radius 2 is 1.76 bits per heavy atom. The lowest BCUT2D eigenvalue weighted by molar-refractivity contribution is 0.0644. The van der Waals surface area contributed by atoms with Crippen LogP contribution in [0.15, 0.2) is 48.7 Å². The molecule has 6 nitrogen and oxygen atoms in total. The van der Waals surface area contributed by atoms with E-state index in [9.17, 15) is 9.18 Å². The second-order valence-electron chi connectivity index (χ2n) is 10.3. The summed E-state index contributed by atoms with van der Waals surface area (Å²) in [7, 11) is 0. The Hall–Kier alpha value is -3.16. The van der Waals surface area contributed by atoms with Crippen molar-refractivity contribution in [3.05, 3.63) is 76.2 Å². The molecule has 2 N–H and O–H groups in total. The van der Waals surface area contributed by atoms with E-state index in [1.54, 1.807) is 38.2 Å². The van der Waals surface area contributed by atoms with Crippen LogP contribution in [0.25, 0.3) is 11.1 Å². The lowest BCUT2D eigenvalue weighted by Gasteiger charge is -2.36. The number of benzene rings is 2. The number of hydrogen-bond acceptors (Lipinski definition) is 5. The van der Waals surface area contributed by atoms with Gasteiger partial charge in [0.15, 0.2) is 11.6 Å². The molecule has 0 saturated carbocycles. The average Bonchev–Trinajstić information content (AvgIpc) is 3.47. The first-order chi connectivity index (χ1) is 18.3. The number of ether oxygens (including phenoxy) is 1. The Labute approximate surface area is 228 Å². The number of nitrogens with two attached hydrogens (primary N) is 1. The number of carbonyl (C=O) groups excluding carboxylic acids is 1. The molecular weight excluding hydrogens is 503 g/mol. The number of nitrogens with zero attached hydrogens (tertiary/aromatic N) is 3. The number of piperidine rings is 1. The minimum atomic E-state index is -0.670. The van der Waals surface area contributed by atoms with Crippen molar-refractivity contribution in [3.63, 3.8) is 0 Å². The Morgan fingerprint density at radius 1 is 1.08 bits per heavy atom. The SMILES string of the molecule is Cc1ccc(Cl)c(C(C)Oc2cc(-c3ccc(C(=O)N4CCC(N5CCCC5)CC4)cc3)cnc2N)c1F. The van der Waals surface area contributed by atoms with Crippen LogP contribution in [0.1, 0.15) is 60.2 Å². The van der Waals surface area contributed by atoms with Gasteiger partial charge in [0.05, 0.1) is 5.02 Å². The molecule has 1 unspecified atom stereocenters. The van der Waals surface area contributed by atoms with Crippen LogP contribution in [-0.2, 0) is 0 Å². The van der Waals surface area contributed by atoms with Crippen LogP contribution in [-0.4, -0.2) is 52.9 Å². The number of rotatable bonds is 6. The van der Waals surface area contributed by atoms with Crippen molar-refractivity contribution < 1.29 is 13.9 Å². The standard InChI is InChI=1S/C30H34ClFN4O2/c1-19-5-10-25(31)27(28(19)32)20(2)38-26-17-23(18-34-29(26)33)21-6-8-22(9-7-21)30(37)36-15-11-24(12-16-36)35-13-3-4-14-35/h5-10,17-18,20,24H,3-4,11-16H2,1-2H3,(H2,33,34). The molecule has 8 heteroatoms. The van der Waals surface area contributed by atoms with E-state index in [4.69, 9.17) is 22.1 Å². The number of aromatic nitrogens is 1. The van der Waals surface area contributed by atoms with E-state index in [0.717, 1.165) is 37.1 Å². The van der Waals surface area contributed by atoms with E-state index in [0.29, 0.717) is 27.9 Å². The summed E-state index contributed by atoms with van der Waals surface area (Å²) >= 11 is 6.26. The van der Waals surface area contributed by atoms with Gasteiger partial charge >= 0.3 is 0 Å². The zero-order valence-electron chi connectivity index (χ0n) is 21.9. The van der Waals surface area contributed by atoms with Gasteiger partial charge < -0.3 is 20.3 Å². The Balaban J connectivity index is 1.27. The fourth-order valence-corrected chi connectivity index (χ4v) is 5.84. The number of halogens is 2. The maximum atomic E-state index is 14.7. The maximum absolute atomic E-state index is 14.7. The lowest BCUT2D eigenvalue weighted by atomic mass is 10.0. The molecule has 0 aliphatic carbocycles. The van der Waals surface area contributed by atoms with E-state index in [1.165, 1.54) is 25.9 Å². The van der Waals surface area contributed by atoms with Crippen molar-refractivity contribution in [1.82, 2.24) is 14.8 Å². The van der Waals surface area contributed by atoms with Crippen LogP contribution < -0.4 is 10.5 Å². The largest absolute Gasteiger partial charge is 0.482 e. The minimum absolute atomic E-state index is 0.0711. The second-order valence-corrected chi connectivity index (χ2v) is 10.7. The molecule has 2 saturated heterocycles. The highest BCUT2D eigenvalue weighted by molar-refractivity contribution is 6.31. The number of likely N-dealkylation sites (tertiary alicyclic amines) is 2. The van der Waals surface area contributed by atoms with E-state index in [1.807, 2.05) is 29.2 Å². The summed E-state index contributed by atoms with van der Waals surface area (Å²) in [4.78, 5) is 22.0. The Bertz CT molecular complexity index is 1300. The van der Waals surface area contributed by atoms with Crippen molar-refractivity contribution in [3.8, 4) is 16.9 Å². The van der Waals surface area contributed by atoms with Crippen molar-refractivity contribution in [2.45, 2.75) is 51.7 Å². The van der Waals surface area contributed by atoms with Gasteiger partial charge in [-0.2, -0.15) is 0 Å².